The first-order valence-electron chi connectivity index (χ1n) is 19.1. The van der Waals surface area contributed by atoms with E-state index in [1.807, 2.05) is 95.9 Å². The van der Waals surface area contributed by atoms with Crippen molar-refractivity contribution < 1.29 is 18.1 Å². The molecule has 208 valence electrons. The van der Waals surface area contributed by atoms with Crippen molar-refractivity contribution in [3.8, 4) is 33.4 Å². The van der Waals surface area contributed by atoms with Gasteiger partial charge in [0.25, 0.3) is 0 Å². The van der Waals surface area contributed by atoms with Crippen LogP contribution in [-0.2, 0) is 0 Å². The van der Waals surface area contributed by atoms with Crippen LogP contribution in [0.15, 0.2) is 180 Å². The highest BCUT2D eigenvalue weighted by Crippen LogP contribution is 2.40. The van der Waals surface area contributed by atoms with E-state index in [1.165, 1.54) is 6.07 Å². The highest BCUT2D eigenvalue weighted by Gasteiger charge is 2.16. The molecule has 44 heavy (non-hydrogen) atoms. The molecule has 7 aromatic carbocycles. The van der Waals surface area contributed by atoms with Gasteiger partial charge in [-0.05, 0) is 94.0 Å². The average Bonchev–Trinajstić information content (AvgIpc) is 3.57. The number of furan rings is 1. The van der Waals surface area contributed by atoms with Gasteiger partial charge in [0.2, 0.25) is 0 Å². The Bertz CT molecular complexity index is 2640. The summed E-state index contributed by atoms with van der Waals surface area (Å²) in [6.07, 6.45) is 0. The van der Waals surface area contributed by atoms with Crippen LogP contribution in [0.1, 0.15) is 13.7 Å². The fourth-order valence-corrected chi connectivity index (χ4v) is 5.55. The molecule has 0 atom stereocenters. The van der Waals surface area contributed by atoms with Gasteiger partial charge in [-0.2, -0.15) is 0 Å². The molecule has 0 fully saturated rings. The lowest BCUT2D eigenvalue weighted by atomic mass is 9.97. The van der Waals surface area contributed by atoms with Crippen LogP contribution in [0.4, 0.5) is 17.1 Å². The van der Waals surface area contributed by atoms with E-state index in [1.54, 1.807) is 12.1 Å². The number of anilines is 3. The van der Waals surface area contributed by atoms with Gasteiger partial charge in [0.15, 0.2) is 0 Å². The van der Waals surface area contributed by atoms with Gasteiger partial charge in [-0.1, -0.05) is 115 Å². The van der Waals surface area contributed by atoms with Crippen LogP contribution in [0.25, 0.3) is 55.3 Å². The molecule has 0 bridgehead atoms. The van der Waals surface area contributed by atoms with Gasteiger partial charge >= 0.3 is 0 Å². The summed E-state index contributed by atoms with van der Waals surface area (Å²) < 4.78 is 90.9. The number of hydrogen-bond acceptors (Lipinski definition) is 2. The third kappa shape index (κ3) is 4.83. The van der Waals surface area contributed by atoms with Gasteiger partial charge < -0.3 is 9.32 Å². The number of nitrogens with zero attached hydrogens (tertiary/aromatic N) is 1. The minimum atomic E-state index is -0.540. The quantitative estimate of drug-likeness (QED) is 0.197. The predicted octanol–water partition coefficient (Wildman–Crippen LogP) is 12.1. The van der Waals surface area contributed by atoms with Crippen molar-refractivity contribution >= 4 is 39.0 Å². The molecule has 0 saturated heterocycles. The Labute approximate surface area is 271 Å². The van der Waals surface area contributed by atoms with Gasteiger partial charge in [-0.3, -0.25) is 0 Å². The van der Waals surface area contributed by atoms with Gasteiger partial charge in [-0.15, -0.1) is 0 Å². The molecule has 0 aliphatic rings. The summed E-state index contributed by atoms with van der Waals surface area (Å²) in [5.74, 6) is 0. The molecule has 1 heterocycles. The maximum atomic E-state index is 8.77. The average molecular weight is 574 g/mol. The number of hydrogen-bond donors (Lipinski definition) is 0. The van der Waals surface area contributed by atoms with E-state index >= 15 is 0 Å². The van der Waals surface area contributed by atoms with E-state index in [9.17, 15) is 0 Å². The molecule has 0 aliphatic carbocycles. The molecular formula is C42H29NO. The van der Waals surface area contributed by atoms with Gasteiger partial charge in [0.1, 0.15) is 11.2 Å². The minimum absolute atomic E-state index is 0.0815. The Morgan fingerprint density at radius 1 is 0.386 bits per heavy atom. The van der Waals surface area contributed by atoms with Crippen molar-refractivity contribution in [3.63, 3.8) is 0 Å². The lowest BCUT2D eigenvalue weighted by Crippen LogP contribution is -2.10. The lowest BCUT2D eigenvalue weighted by Gasteiger charge is -2.27. The van der Waals surface area contributed by atoms with Crippen LogP contribution in [0.5, 0.6) is 0 Å². The van der Waals surface area contributed by atoms with Crippen LogP contribution in [0.2, 0.25) is 0 Å². The minimum Gasteiger partial charge on any atom is -0.456 e. The fraction of sp³-hybridized carbons (Fsp3) is 0. The van der Waals surface area contributed by atoms with E-state index in [0.29, 0.717) is 11.4 Å². The monoisotopic (exact) mass is 573 g/mol. The molecule has 0 unspecified atom stereocenters. The molecule has 2 heteroatoms. The molecule has 0 N–H and O–H groups in total. The topological polar surface area (TPSA) is 16.4 Å². The van der Waals surface area contributed by atoms with E-state index in [-0.39, 0.29) is 22.3 Å². The Morgan fingerprint density at radius 2 is 0.955 bits per heavy atom. The maximum absolute atomic E-state index is 8.77. The van der Waals surface area contributed by atoms with Crippen LogP contribution in [-0.4, -0.2) is 0 Å². The first-order chi connectivity index (χ1) is 25.9. The van der Waals surface area contributed by atoms with Crippen molar-refractivity contribution in [1.82, 2.24) is 0 Å². The van der Waals surface area contributed by atoms with Crippen molar-refractivity contribution in [1.29, 1.82) is 0 Å². The van der Waals surface area contributed by atoms with Crippen LogP contribution in [0, 0.1) is 0 Å². The summed E-state index contributed by atoms with van der Waals surface area (Å²) in [6.45, 7) is 0. The summed E-state index contributed by atoms with van der Waals surface area (Å²) >= 11 is 0. The second-order valence-corrected chi connectivity index (χ2v) is 10.3. The zero-order valence-corrected chi connectivity index (χ0v) is 23.3. The lowest BCUT2D eigenvalue weighted by molar-refractivity contribution is 0.669. The van der Waals surface area contributed by atoms with Crippen molar-refractivity contribution in [2.45, 2.75) is 0 Å². The van der Waals surface area contributed by atoms with Gasteiger partial charge in [0, 0.05) is 27.8 Å². The third-order valence-electron chi connectivity index (χ3n) is 7.60. The molecular weight excluding hydrogens is 534 g/mol. The maximum Gasteiger partial charge on any atom is 0.135 e. The number of para-hydroxylation sites is 2. The SMILES string of the molecule is [2H]c1c([2H])c([2H])c(-c2cc(-c3c([2H])c([2H])c([2H])c([2H])c3[2H])cc(N(c3ccccc3)c3ccc(-c4ccc5oc6ccccc6c5c4)cc3)c2)c([2H])c1[2H]. The van der Waals surface area contributed by atoms with E-state index in [0.717, 1.165) is 38.8 Å². The third-order valence-corrected chi connectivity index (χ3v) is 7.60. The molecule has 0 amide bonds. The van der Waals surface area contributed by atoms with Crippen molar-refractivity contribution in [2.24, 2.45) is 0 Å². The first-order valence-corrected chi connectivity index (χ1v) is 14.1. The van der Waals surface area contributed by atoms with Crippen LogP contribution in [0.3, 0.4) is 0 Å². The zero-order valence-electron chi connectivity index (χ0n) is 33.3. The van der Waals surface area contributed by atoms with Crippen LogP contribution >= 0.6 is 0 Å². The van der Waals surface area contributed by atoms with Crippen LogP contribution < -0.4 is 4.90 Å². The Morgan fingerprint density at radius 3 is 1.64 bits per heavy atom. The second kappa shape index (κ2) is 11.1. The van der Waals surface area contributed by atoms with E-state index in [2.05, 4.69) is 6.07 Å². The summed E-state index contributed by atoms with van der Waals surface area (Å²) in [5.41, 5.74) is 5.70. The smallest absolute Gasteiger partial charge is 0.135 e. The Hall–Kier alpha value is -5.86. The predicted molar refractivity (Wildman–Crippen MR) is 185 cm³/mol. The first kappa shape index (κ1) is 17.3. The molecule has 0 saturated carbocycles. The molecule has 0 aliphatic heterocycles. The summed E-state index contributed by atoms with van der Waals surface area (Å²) in [4.78, 5) is 1.91. The van der Waals surface area contributed by atoms with Gasteiger partial charge in [-0.25, -0.2) is 0 Å². The summed E-state index contributed by atoms with van der Waals surface area (Å²) in [5, 5.41) is 2.03. The number of rotatable bonds is 6. The molecule has 2 nitrogen and oxygen atoms in total. The normalized spacial score (nSPS) is 14.4. The van der Waals surface area contributed by atoms with Crippen molar-refractivity contribution in [2.75, 3.05) is 4.90 Å². The summed E-state index contributed by atoms with van der Waals surface area (Å²) in [7, 11) is 0. The summed E-state index contributed by atoms with van der Waals surface area (Å²) in [6, 6.07) is 31.3. The highest BCUT2D eigenvalue weighted by atomic mass is 16.3. The van der Waals surface area contributed by atoms with Gasteiger partial charge in [0.05, 0.1) is 13.7 Å². The van der Waals surface area contributed by atoms with Crippen molar-refractivity contribution in [3.05, 3.63) is 176 Å². The molecule has 8 rings (SSSR count). The number of fused-ring (bicyclic) bond motifs is 3. The van der Waals surface area contributed by atoms with E-state index in [4.69, 9.17) is 18.1 Å². The fourth-order valence-electron chi connectivity index (χ4n) is 5.55. The Kier molecular flexibility index (Phi) is 4.36. The Balaban J connectivity index is 1.34. The largest absolute Gasteiger partial charge is 0.456 e. The standard InChI is InChI=1S/C42H29NO/c1-4-12-30(13-5-1)34-26-35(31-14-6-2-7-15-31)28-38(27-34)43(36-16-8-3-9-17-36)37-23-20-32(21-24-37)33-22-25-42-40(29-33)39-18-10-11-19-41(39)44-42/h1-29H/i1D,2D,4D,5D,6D,7D,12D,13D,14D,15D. The zero-order chi connectivity index (χ0) is 38.0. The molecule has 1 aromatic heterocycles. The highest BCUT2D eigenvalue weighted by molar-refractivity contribution is 6.06. The van der Waals surface area contributed by atoms with E-state index < -0.39 is 60.4 Å². The molecule has 8 aromatic rings. The second-order valence-electron chi connectivity index (χ2n) is 10.3. The molecule has 0 spiro atoms. The number of benzene rings is 7. The molecule has 0 radical (unpaired) electrons.